The Labute approximate surface area is 299 Å². The molecule has 1 atom stereocenters. The number of thioether (sulfide) groups is 1. The van der Waals surface area contributed by atoms with Crippen LogP contribution in [0.25, 0.3) is 31.8 Å². The van der Waals surface area contributed by atoms with Crippen LogP contribution >= 0.6 is 23.1 Å². The molecule has 238 valence electrons. The summed E-state index contributed by atoms with van der Waals surface area (Å²) in [5.41, 5.74) is 18.1. The van der Waals surface area contributed by atoms with Gasteiger partial charge in [0.05, 0.1) is 32.9 Å². The van der Waals surface area contributed by atoms with Gasteiger partial charge in [0.1, 0.15) is 16.8 Å². The van der Waals surface area contributed by atoms with Gasteiger partial charge in [0.2, 0.25) is 0 Å². The average Bonchev–Trinajstić information content (AvgIpc) is 3.78. The van der Waals surface area contributed by atoms with Crippen LogP contribution in [0.1, 0.15) is 42.0 Å². The van der Waals surface area contributed by atoms with Crippen LogP contribution in [0.3, 0.4) is 0 Å². The topological polar surface area (TPSA) is 78.3 Å². The number of aromatic nitrogens is 1. The van der Waals surface area contributed by atoms with Gasteiger partial charge in [-0.15, -0.1) is 23.1 Å². The maximum atomic E-state index is 10.0. The summed E-state index contributed by atoms with van der Waals surface area (Å²) in [5, 5.41) is 10.8. The second kappa shape index (κ2) is 12.4. The predicted molar refractivity (Wildman–Crippen MR) is 210 cm³/mol. The van der Waals surface area contributed by atoms with Crippen molar-refractivity contribution in [1.29, 1.82) is 5.26 Å². The molecule has 0 saturated carbocycles. The molecule has 8 heteroatoms. The van der Waals surface area contributed by atoms with Gasteiger partial charge in [0, 0.05) is 44.8 Å². The molecule has 0 amide bonds. The molecule has 0 spiro atoms. The Bertz CT molecular complexity index is 2350. The summed E-state index contributed by atoms with van der Waals surface area (Å²) in [6, 6.07) is 40.3. The Balaban J connectivity index is 1.13. The normalized spacial score (nSPS) is 16.5. The number of allylic oxidation sites excluding steroid dienone is 2. The summed E-state index contributed by atoms with van der Waals surface area (Å²) in [7, 11) is 0. The number of thiazole rings is 1. The Hall–Kier alpha value is -5.07. The van der Waals surface area contributed by atoms with Crippen LogP contribution in [0.2, 0.25) is 0 Å². The van der Waals surface area contributed by atoms with Crippen molar-refractivity contribution in [3.63, 3.8) is 0 Å². The number of para-hydroxylation sites is 3. The van der Waals surface area contributed by atoms with Gasteiger partial charge in [0.15, 0.2) is 0 Å². The molecule has 0 bridgehead atoms. The molecule has 6 aromatic rings. The van der Waals surface area contributed by atoms with Gasteiger partial charge in [-0.25, -0.2) is 4.98 Å². The van der Waals surface area contributed by atoms with E-state index < -0.39 is 0 Å². The summed E-state index contributed by atoms with van der Waals surface area (Å²) >= 11 is 8.61. The van der Waals surface area contributed by atoms with Crippen LogP contribution in [-0.2, 0) is 17.8 Å². The van der Waals surface area contributed by atoms with Crippen molar-refractivity contribution >= 4 is 84.7 Å². The number of hydrogen-bond acceptors (Lipinski definition) is 8. The molecule has 2 aliphatic rings. The monoisotopic (exact) mass is 689 g/mol. The number of rotatable bonds is 6. The second-order valence-corrected chi connectivity index (χ2v) is 15.2. The third kappa shape index (κ3) is 5.35. The van der Waals surface area contributed by atoms with E-state index in [-0.39, 0.29) is 10.7 Å². The van der Waals surface area contributed by atoms with E-state index in [0.717, 1.165) is 54.6 Å². The summed E-state index contributed by atoms with van der Waals surface area (Å²) in [4.78, 5) is 8.11. The maximum absolute atomic E-state index is 10.0. The summed E-state index contributed by atoms with van der Waals surface area (Å²) in [5.74, 6) is 0. The Morgan fingerprint density at radius 1 is 0.939 bits per heavy atom. The highest BCUT2D eigenvalue weighted by Gasteiger charge is 2.37. The van der Waals surface area contributed by atoms with E-state index in [1.165, 1.54) is 16.8 Å². The Kier molecular flexibility index (Phi) is 7.92. The van der Waals surface area contributed by atoms with E-state index in [0.29, 0.717) is 16.9 Å². The van der Waals surface area contributed by atoms with Crippen LogP contribution in [0.5, 0.6) is 0 Å². The first-order valence-corrected chi connectivity index (χ1v) is 18.1. The summed E-state index contributed by atoms with van der Waals surface area (Å²) < 4.78 is 5.39. The van der Waals surface area contributed by atoms with Gasteiger partial charge in [-0.1, -0.05) is 86.7 Å². The van der Waals surface area contributed by atoms with Crippen molar-refractivity contribution in [3.8, 4) is 17.2 Å². The minimum atomic E-state index is -0.245. The van der Waals surface area contributed by atoms with Crippen molar-refractivity contribution in [1.82, 2.24) is 4.98 Å². The van der Waals surface area contributed by atoms with E-state index in [4.69, 9.17) is 23.1 Å². The molecule has 1 unspecified atom stereocenters. The van der Waals surface area contributed by atoms with Gasteiger partial charge in [0.25, 0.3) is 0 Å². The lowest BCUT2D eigenvalue weighted by atomic mass is 9.73. The van der Waals surface area contributed by atoms with Crippen LogP contribution in [0, 0.1) is 11.3 Å². The second-order valence-electron chi connectivity index (χ2n) is 12.7. The molecule has 2 aliphatic heterocycles. The zero-order valence-corrected chi connectivity index (χ0v) is 29.4. The standard InChI is InChI=1S/C41H31N5S3/c1-41(2)31-12-6-8-14-34(31)46(27-10-4-3-5-11-27)35-20-16-25(23-32(35)41)29-18-19-30(38(43)39(29)45-47)36-21-17-28(48-36)22-26(24-42)40-44-33-13-7-9-15-37(33)49-40/h3-16,18-23,28H,17,43H2,1-2H3/b26-22+. The molecule has 49 heavy (non-hydrogen) atoms. The third-order valence-electron chi connectivity index (χ3n) is 9.44. The average molecular weight is 690 g/mol. The minimum absolute atomic E-state index is 0.0953. The zero-order chi connectivity index (χ0) is 33.7. The summed E-state index contributed by atoms with van der Waals surface area (Å²) in [6.07, 6.45) is 5.01. The number of hydrogen-bond donors (Lipinski definition) is 1. The molecule has 0 fully saturated rings. The molecule has 8 rings (SSSR count). The van der Waals surface area contributed by atoms with Crippen molar-refractivity contribution in [2.75, 3.05) is 10.6 Å². The Morgan fingerprint density at radius 2 is 1.67 bits per heavy atom. The number of nitriles is 1. The fraction of sp³-hybridized carbons (Fsp3) is 0.122. The van der Waals surface area contributed by atoms with Crippen LogP contribution in [-0.4, -0.2) is 10.2 Å². The molecule has 3 heterocycles. The number of anilines is 4. The molecule has 5 aromatic carbocycles. The molecule has 0 saturated heterocycles. The first-order chi connectivity index (χ1) is 23.9. The number of fused-ring (bicyclic) bond motifs is 3. The first kappa shape index (κ1) is 31.2. The molecule has 1 aromatic heterocycles. The van der Waals surface area contributed by atoms with E-state index in [2.05, 4.69) is 114 Å². The minimum Gasteiger partial charge on any atom is -0.396 e. The zero-order valence-electron chi connectivity index (χ0n) is 26.9. The highest BCUT2D eigenvalue weighted by Crippen LogP contribution is 2.53. The molecular weight excluding hydrogens is 659 g/mol. The molecule has 0 aliphatic carbocycles. The van der Waals surface area contributed by atoms with E-state index in [1.54, 1.807) is 23.1 Å². The molecular formula is C41H31N5S3. The largest absolute Gasteiger partial charge is 0.396 e. The van der Waals surface area contributed by atoms with Crippen molar-refractivity contribution in [2.24, 2.45) is 4.36 Å². The van der Waals surface area contributed by atoms with E-state index in [1.807, 2.05) is 36.4 Å². The predicted octanol–water partition coefficient (Wildman–Crippen LogP) is 11.5. The number of nitrogens with zero attached hydrogens (tertiary/aromatic N) is 4. The van der Waals surface area contributed by atoms with Gasteiger partial charge >= 0.3 is 0 Å². The number of nitrogen functional groups attached to an aromatic ring is 1. The highest BCUT2D eigenvalue weighted by molar-refractivity contribution is 8.09. The lowest BCUT2D eigenvalue weighted by Crippen LogP contribution is -2.30. The van der Waals surface area contributed by atoms with Gasteiger partial charge in [-0.05, 0) is 71.7 Å². The van der Waals surface area contributed by atoms with Crippen LogP contribution in [0.4, 0.5) is 28.4 Å². The summed E-state index contributed by atoms with van der Waals surface area (Å²) in [6.45, 7) is 4.58. The lowest BCUT2D eigenvalue weighted by Gasteiger charge is -2.42. The fourth-order valence-corrected chi connectivity index (χ4v) is 9.33. The Morgan fingerprint density at radius 3 is 2.47 bits per heavy atom. The van der Waals surface area contributed by atoms with E-state index in [9.17, 15) is 5.26 Å². The third-order valence-corrected chi connectivity index (χ3v) is 12.0. The molecule has 0 radical (unpaired) electrons. The smallest absolute Gasteiger partial charge is 0.134 e. The highest BCUT2D eigenvalue weighted by atomic mass is 32.2. The number of nitrogens with two attached hydrogens (primary N) is 1. The first-order valence-electron chi connectivity index (χ1n) is 16.1. The molecule has 5 nitrogen and oxygen atoms in total. The SMILES string of the molecule is CC1(C)c2ccccc2N(c2ccccc2)c2ccc(-c3ccc(C4=CCC(/C=C(\C#N)c5nc6ccccc6s5)S4)c(N)c3N=S)cc21. The number of benzene rings is 5. The van der Waals surface area contributed by atoms with Gasteiger partial charge < -0.3 is 10.6 Å². The maximum Gasteiger partial charge on any atom is 0.134 e. The quantitative estimate of drug-likeness (QED) is 0.138. The molecule has 2 N–H and O–H groups in total. The van der Waals surface area contributed by atoms with E-state index >= 15 is 0 Å². The van der Waals surface area contributed by atoms with Crippen LogP contribution in [0.15, 0.2) is 126 Å². The lowest BCUT2D eigenvalue weighted by molar-refractivity contribution is 0.632. The van der Waals surface area contributed by atoms with Crippen molar-refractivity contribution in [3.05, 3.63) is 143 Å². The van der Waals surface area contributed by atoms with Gasteiger partial charge in [-0.3, -0.25) is 0 Å². The van der Waals surface area contributed by atoms with Crippen molar-refractivity contribution in [2.45, 2.75) is 30.9 Å². The fourth-order valence-electron chi connectivity index (χ4n) is 6.97. The van der Waals surface area contributed by atoms with Crippen molar-refractivity contribution < 1.29 is 0 Å². The van der Waals surface area contributed by atoms with Crippen LogP contribution < -0.4 is 10.6 Å². The van der Waals surface area contributed by atoms with Gasteiger partial charge in [-0.2, -0.15) is 9.62 Å².